The van der Waals surface area contributed by atoms with E-state index in [0.29, 0.717) is 6.04 Å². The summed E-state index contributed by atoms with van der Waals surface area (Å²) in [5, 5.41) is 5.10. The van der Waals surface area contributed by atoms with Gasteiger partial charge in [-0.15, -0.1) is 0 Å². The standard InChI is InChI=1S/C12H21NS2/c1-3-10(2)15-9-12(13)5-4-11-6-7-14-8-11/h6-8,10,12H,3-5,9,13H2,1-2H3. The fraction of sp³-hybridized carbons (Fsp3) is 0.667. The third-order valence-electron chi connectivity index (χ3n) is 2.55. The van der Waals surface area contributed by atoms with Gasteiger partial charge in [0.25, 0.3) is 0 Å². The maximum atomic E-state index is 6.08. The Morgan fingerprint density at radius 3 is 2.93 bits per heavy atom. The summed E-state index contributed by atoms with van der Waals surface area (Å²) in [5.41, 5.74) is 7.51. The highest BCUT2D eigenvalue weighted by molar-refractivity contribution is 7.99. The van der Waals surface area contributed by atoms with Gasteiger partial charge in [-0.05, 0) is 41.7 Å². The minimum Gasteiger partial charge on any atom is -0.327 e. The van der Waals surface area contributed by atoms with Gasteiger partial charge in [-0.3, -0.25) is 0 Å². The fourth-order valence-corrected chi connectivity index (χ4v) is 2.96. The summed E-state index contributed by atoms with van der Waals surface area (Å²) < 4.78 is 0. The first kappa shape index (κ1) is 13.1. The molecule has 0 aromatic carbocycles. The van der Waals surface area contributed by atoms with Crippen LogP contribution in [0.5, 0.6) is 0 Å². The van der Waals surface area contributed by atoms with Crippen LogP contribution in [0.2, 0.25) is 0 Å². The molecular weight excluding hydrogens is 222 g/mol. The van der Waals surface area contributed by atoms with Gasteiger partial charge in [-0.1, -0.05) is 13.8 Å². The molecule has 2 N–H and O–H groups in total. The Bertz CT molecular complexity index is 246. The minimum absolute atomic E-state index is 0.351. The molecule has 15 heavy (non-hydrogen) atoms. The molecule has 1 aromatic heterocycles. The second-order valence-corrected chi connectivity index (χ2v) is 6.23. The third-order valence-corrected chi connectivity index (χ3v) is 4.81. The summed E-state index contributed by atoms with van der Waals surface area (Å²) in [6.07, 6.45) is 3.48. The molecule has 0 aliphatic heterocycles. The molecule has 86 valence electrons. The van der Waals surface area contributed by atoms with Gasteiger partial charge in [-0.2, -0.15) is 23.1 Å². The molecule has 0 saturated heterocycles. The molecule has 1 heterocycles. The number of hydrogen-bond donors (Lipinski definition) is 1. The Hall–Kier alpha value is 0.01000. The van der Waals surface area contributed by atoms with Gasteiger partial charge in [0.1, 0.15) is 0 Å². The van der Waals surface area contributed by atoms with Gasteiger partial charge >= 0.3 is 0 Å². The van der Waals surface area contributed by atoms with E-state index in [1.807, 2.05) is 11.8 Å². The SMILES string of the molecule is CCC(C)SCC(N)CCc1ccsc1. The number of thiophene rings is 1. The van der Waals surface area contributed by atoms with Crippen LogP contribution in [0, 0.1) is 0 Å². The number of hydrogen-bond acceptors (Lipinski definition) is 3. The largest absolute Gasteiger partial charge is 0.327 e. The Morgan fingerprint density at radius 2 is 2.33 bits per heavy atom. The second-order valence-electron chi connectivity index (χ2n) is 3.98. The lowest BCUT2D eigenvalue weighted by Crippen LogP contribution is -2.24. The summed E-state index contributed by atoms with van der Waals surface area (Å²) in [4.78, 5) is 0. The van der Waals surface area contributed by atoms with E-state index in [0.717, 1.165) is 23.8 Å². The van der Waals surface area contributed by atoms with Gasteiger partial charge < -0.3 is 5.73 Å². The molecule has 0 bridgehead atoms. The Morgan fingerprint density at radius 1 is 1.53 bits per heavy atom. The smallest absolute Gasteiger partial charge is 0.0133 e. The zero-order valence-corrected chi connectivity index (χ0v) is 11.2. The van der Waals surface area contributed by atoms with Crippen LogP contribution in [0.3, 0.4) is 0 Å². The molecule has 0 fully saturated rings. The molecular formula is C12H21NS2. The van der Waals surface area contributed by atoms with E-state index in [9.17, 15) is 0 Å². The average Bonchev–Trinajstić information content (AvgIpc) is 2.75. The summed E-state index contributed by atoms with van der Waals surface area (Å²) in [6.45, 7) is 4.50. The molecule has 3 heteroatoms. The molecule has 0 aliphatic carbocycles. The lowest BCUT2D eigenvalue weighted by Gasteiger charge is -2.13. The van der Waals surface area contributed by atoms with Crippen molar-refractivity contribution in [3.8, 4) is 0 Å². The van der Waals surface area contributed by atoms with Crippen molar-refractivity contribution in [1.29, 1.82) is 0 Å². The van der Waals surface area contributed by atoms with Crippen molar-refractivity contribution >= 4 is 23.1 Å². The van der Waals surface area contributed by atoms with Crippen LogP contribution in [0.15, 0.2) is 16.8 Å². The first-order chi connectivity index (χ1) is 7.22. The zero-order valence-electron chi connectivity index (χ0n) is 9.61. The molecule has 0 spiro atoms. The third kappa shape index (κ3) is 5.59. The van der Waals surface area contributed by atoms with E-state index < -0.39 is 0 Å². The van der Waals surface area contributed by atoms with Crippen molar-refractivity contribution in [3.05, 3.63) is 22.4 Å². The van der Waals surface area contributed by atoms with Crippen molar-refractivity contribution < 1.29 is 0 Å². The molecule has 1 aromatic rings. The number of thioether (sulfide) groups is 1. The molecule has 2 atom stereocenters. The summed E-state index contributed by atoms with van der Waals surface area (Å²) in [5.74, 6) is 1.10. The Balaban J connectivity index is 2.11. The van der Waals surface area contributed by atoms with Crippen molar-refractivity contribution in [3.63, 3.8) is 0 Å². The highest BCUT2D eigenvalue weighted by Crippen LogP contribution is 2.16. The van der Waals surface area contributed by atoms with Crippen LogP contribution in [-0.2, 0) is 6.42 Å². The maximum Gasteiger partial charge on any atom is 0.0133 e. The van der Waals surface area contributed by atoms with Crippen LogP contribution in [0.4, 0.5) is 0 Å². The van der Waals surface area contributed by atoms with Crippen LogP contribution < -0.4 is 5.73 Å². The van der Waals surface area contributed by atoms with Crippen molar-refractivity contribution in [2.75, 3.05) is 5.75 Å². The van der Waals surface area contributed by atoms with Crippen LogP contribution >= 0.6 is 23.1 Å². The monoisotopic (exact) mass is 243 g/mol. The van der Waals surface area contributed by atoms with E-state index in [1.165, 1.54) is 12.0 Å². The van der Waals surface area contributed by atoms with Crippen molar-refractivity contribution in [1.82, 2.24) is 0 Å². The van der Waals surface area contributed by atoms with E-state index in [1.54, 1.807) is 11.3 Å². The maximum absolute atomic E-state index is 6.08. The lowest BCUT2D eigenvalue weighted by molar-refractivity contribution is 0.673. The van der Waals surface area contributed by atoms with Crippen LogP contribution in [0.25, 0.3) is 0 Å². The topological polar surface area (TPSA) is 26.0 Å². The molecule has 1 rings (SSSR count). The minimum atomic E-state index is 0.351. The summed E-state index contributed by atoms with van der Waals surface area (Å²) in [6, 6.07) is 2.54. The number of nitrogens with two attached hydrogens (primary N) is 1. The lowest BCUT2D eigenvalue weighted by atomic mass is 10.1. The molecule has 1 nitrogen and oxygen atoms in total. The van der Waals surface area contributed by atoms with Crippen LogP contribution in [-0.4, -0.2) is 17.0 Å². The molecule has 0 radical (unpaired) electrons. The molecule has 2 unspecified atom stereocenters. The second kappa shape index (κ2) is 7.31. The summed E-state index contributed by atoms with van der Waals surface area (Å²) >= 11 is 3.77. The van der Waals surface area contributed by atoms with E-state index in [4.69, 9.17) is 5.73 Å². The van der Waals surface area contributed by atoms with Gasteiger partial charge in [0.05, 0.1) is 0 Å². The van der Waals surface area contributed by atoms with Crippen molar-refractivity contribution in [2.24, 2.45) is 5.73 Å². The molecule has 0 aliphatic rings. The molecule has 0 saturated carbocycles. The van der Waals surface area contributed by atoms with E-state index >= 15 is 0 Å². The van der Waals surface area contributed by atoms with Gasteiger partial charge in [0.15, 0.2) is 0 Å². The van der Waals surface area contributed by atoms with Gasteiger partial charge in [0, 0.05) is 17.0 Å². The first-order valence-corrected chi connectivity index (χ1v) is 7.59. The fourth-order valence-electron chi connectivity index (χ4n) is 1.28. The summed E-state index contributed by atoms with van der Waals surface area (Å²) in [7, 11) is 0. The predicted octanol–water partition coefficient (Wildman–Crippen LogP) is 3.54. The quantitative estimate of drug-likeness (QED) is 0.792. The van der Waals surface area contributed by atoms with Gasteiger partial charge in [0.2, 0.25) is 0 Å². The average molecular weight is 243 g/mol. The highest BCUT2D eigenvalue weighted by atomic mass is 32.2. The number of rotatable bonds is 7. The van der Waals surface area contributed by atoms with Crippen LogP contribution in [0.1, 0.15) is 32.3 Å². The first-order valence-electron chi connectivity index (χ1n) is 5.60. The van der Waals surface area contributed by atoms with Crippen molar-refractivity contribution in [2.45, 2.75) is 44.4 Å². The Labute approximate surface area is 101 Å². The van der Waals surface area contributed by atoms with Gasteiger partial charge in [-0.25, -0.2) is 0 Å². The zero-order chi connectivity index (χ0) is 11.1. The predicted molar refractivity (Wildman–Crippen MR) is 72.8 cm³/mol. The van der Waals surface area contributed by atoms with E-state index in [2.05, 4.69) is 30.7 Å². The highest BCUT2D eigenvalue weighted by Gasteiger charge is 2.06. The number of aryl methyl sites for hydroxylation is 1. The van der Waals surface area contributed by atoms with E-state index in [-0.39, 0.29) is 0 Å². The Kier molecular flexibility index (Phi) is 6.37. The normalized spacial score (nSPS) is 15.1. The molecule has 0 amide bonds.